The summed E-state index contributed by atoms with van der Waals surface area (Å²) < 4.78 is 4.36. The minimum Gasteiger partial charge on any atom is -0.476 e. The SMILES string of the molecule is COC(=O)c1nc(Cl)c(C)cc1[N+](=O)[O-].Cc1cc([N+](=O)[O-])c(C(=O)O)nc1Cl. The summed E-state index contributed by atoms with van der Waals surface area (Å²) in [6.45, 7) is 3.07. The first-order valence-electron chi connectivity index (χ1n) is 7.35. The van der Waals surface area contributed by atoms with Gasteiger partial charge in [-0.1, -0.05) is 23.2 Å². The second kappa shape index (κ2) is 9.71. The number of rotatable bonds is 4. The number of halogens is 2. The molecule has 0 spiro atoms. The van der Waals surface area contributed by atoms with E-state index >= 15 is 0 Å². The molecule has 29 heavy (non-hydrogen) atoms. The summed E-state index contributed by atoms with van der Waals surface area (Å²) in [4.78, 5) is 48.3. The average molecular weight is 447 g/mol. The maximum absolute atomic E-state index is 11.2. The largest absolute Gasteiger partial charge is 0.476 e. The molecule has 0 radical (unpaired) electrons. The summed E-state index contributed by atoms with van der Waals surface area (Å²) in [6.07, 6.45) is 0. The Kier molecular flexibility index (Phi) is 7.92. The van der Waals surface area contributed by atoms with Crippen molar-refractivity contribution in [2.24, 2.45) is 0 Å². The molecule has 0 saturated heterocycles. The lowest BCUT2D eigenvalue weighted by molar-refractivity contribution is -0.385. The van der Waals surface area contributed by atoms with E-state index in [9.17, 15) is 29.8 Å². The molecule has 1 N–H and O–H groups in total. The lowest BCUT2D eigenvalue weighted by Gasteiger charge is -2.02. The van der Waals surface area contributed by atoms with E-state index in [1.807, 2.05) is 0 Å². The minimum atomic E-state index is -1.47. The predicted octanol–water partition coefficient (Wildman–Crippen LogP) is 3.39. The molecule has 0 aliphatic rings. The zero-order chi connectivity index (χ0) is 22.5. The zero-order valence-corrected chi connectivity index (χ0v) is 16.5. The lowest BCUT2D eigenvalue weighted by Crippen LogP contribution is -2.09. The van der Waals surface area contributed by atoms with E-state index in [0.717, 1.165) is 13.2 Å². The summed E-state index contributed by atoms with van der Waals surface area (Å²) >= 11 is 11.2. The van der Waals surface area contributed by atoms with Crippen LogP contribution in [0.3, 0.4) is 0 Å². The van der Waals surface area contributed by atoms with E-state index in [1.54, 1.807) is 6.92 Å². The number of carbonyl (C=O) groups is 2. The van der Waals surface area contributed by atoms with Gasteiger partial charge in [0, 0.05) is 12.1 Å². The first-order chi connectivity index (χ1) is 13.4. The number of aromatic carboxylic acids is 1. The van der Waals surface area contributed by atoms with Gasteiger partial charge in [0.2, 0.25) is 11.4 Å². The Labute approximate surface area is 172 Å². The number of ether oxygens (including phenoxy) is 1. The quantitative estimate of drug-likeness (QED) is 0.316. The van der Waals surface area contributed by atoms with E-state index in [4.69, 9.17) is 28.3 Å². The third-order valence-electron chi connectivity index (χ3n) is 3.24. The summed E-state index contributed by atoms with van der Waals surface area (Å²) in [5, 5.41) is 29.7. The smallest absolute Gasteiger partial charge is 0.363 e. The van der Waals surface area contributed by atoms with Crippen molar-refractivity contribution in [1.82, 2.24) is 9.97 Å². The molecule has 0 atom stereocenters. The minimum absolute atomic E-state index is 0.0426. The van der Waals surface area contributed by atoms with Crippen molar-refractivity contribution in [2.75, 3.05) is 7.11 Å². The molecule has 0 bridgehead atoms. The van der Waals surface area contributed by atoms with Gasteiger partial charge in [0.25, 0.3) is 0 Å². The first kappa shape index (κ1) is 23.7. The molecular weight excluding hydrogens is 435 g/mol. The number of nitrogens with zero attached hydrogens (tertiary/aromatic N) is 4. The van der Waals surface area contributed by atoms with Crippen LogP contribution < -0.4 is 0 Å². The monoisotopic (exact) mass is 446 g/mol. The van der Waals surface area contributed by atoms with Gasteiger partial charge in [-0.15, -0.1) is 0 Å². The number of carboxylic acid groups (broad SMARTS) is 1. The molecule has 0 unspecified atom stereocenters. The van der Waals surface area contributed by atoms with Gasteiger partial charge in [-0.2, -0.15) is 0 Å². The van der Waals surface area contributed by atoms with Crippen LogP contribution in [-0.2, 0) is 4.74 Å². The zero-order valence-electron chi connectivity index (χ0n) is 15.0. The third-order valence-corrected chi connectivity index (χ3v) is 4.00. The highest BCUT2D eigenvalue weighted by Crippen LogP contribution is 2.24. The molecule has 2 rings (SSSR count). The van der Waals surface area contributed by atoms with Crippen molar-refractivity contribution in [2.45, 2.75) is 13.8 Å². The Hall–Kier alpha value is -3.38. The number of hydrogen-bond donors (Lipinski definition) is 1. The molecule has 2 heterocycles. The third kappa shape index (κ3) is 5.80. The van der Waals surface area contributed by atoms with E-state index < -0.39 is 44.5 Å². The molecule has 0 aliphatic heterocycles. The summed E-state index contributed by atoms with van der Waals surface area (Å²) in [5.41, 5.74) is -1.22. The molecule has 0 aromatic carbocycles. The molecule has 2 aromatic heterocycles. The van der Waals surface area contributed by atoms with E-state index in [-0.39, 0.29) is 10.3 Å². The first-order valence-corrected chi connectivity index (χ1v) is 8.10. The highest BCUT2D eigenvalue weighted by Gasteiger charge is 2.25. The molecule has 2 aromatic rings. The lowest BCUT2D eigenvalue weighted by atomic mass is 10.2. The molecule has 154 valence electrons. The maximum atomic E-state index is 11.2. The van der Waals surface area contributed by atoms with Crippen LogP contribution in [-0.4, -0.2) is 44.0 Å². The molecule has 0 fully saturated rings. The maximum Gasteiger partial charge on any atom is 0.363 e. The Morgan fingerprint density at radius 3 is 1.69 bits per heavy atom. The average Bonchev–Trinajstić information content (AvgIpc) is 2.64. The predicted molar refractivity (Wildman–Crippen MR) is 99.6 cm³/mol. The van der Waals surface area contributed by atoms with Crippen LogP contribution in [0.25, 0.3) is 0 Å². The Morgan fingerprint density at radius 2 is 1.34 bits per heavy atom. The number of hydrogen-bond acceptors (Lipinski definition) is 9. The molecule has 14 heteroatoms. The van der Waals surface area contributed by atoms with E-state index in [1.165, 1.54) is 13.0 Å². The van der Waals surface area contributed by atoms with Crippen LogP contribution in [0, 0.1) is 34.1 Å². The van der Waals surface area contributed by atoms with E-state index in [2.05, 4.69) is 14.7 Å². The molecule has 0 saturated carbocycles. The number of methoxy groups -OCH3 is 1. The van der Waals surface area contributed by atoms with Gasteiger partial charge in [-0.25, -0.2) is 19.6 Å². The van der Waals surface area contributed by atoms with Crippen LogP contribution in [0.15, 0.2) is 12.1 Å². The number of aryl methyl sites for hydroxylation is 2. The van der Waals surface area contributed by atoms with Gasteiger partial charge in [-0.05, 0) is 25.0 Å². The molecular formula is C15H12Cl2N4O8. The number of pyridine rings is 2. The van der Waals surface area contributed by atoms with Crippen LogP contribution in [0.2, 0.25) is 10.3 Å². The van der Waals surface area contributed by atoms with Gasteiger partial charge in [0.15, 0.2) is 0 Å². The van der Waals surface area contributed by atoms with Crippen molar-refractivity contribution in [3.63, 3.8) is 0 Å². The summed E-state index contributed by atoms with van der Waals surface area (Å²) in [6, 6.07) is 2.26. The molecule has 12 nitrogen and oxygen atoms in total. The fourth-order valence-electron chi connectivity index (χ4n) is 1.84. The Bertz CT molecular complexity index is 973. The highest BCUT2D eigenvalue weighted by molar-refractivity contribution is 6.30. The van der Waals surface area contributed by atoms with Crippen molar-refractivity contribution in [3.05, 3.63) is 65.2 Å². The van der Waals surface area contributed by atoms with Gasteiger partial charge in [-0.3, -0.25) is 20.2 Å². The fraction of sp³-hybridized carbons (Fsp3) is 0.200. The number of carboxylic acids is 1. The van der Waals surface area contributed by atoms with Crippen LogP contribution in [0.1, 0.15) is 32.1 Å². The van der Waals surface area contributed by atoms with E-state index in [0.29, 0.717) is 11.1 Å². The van der Waals surface area contributed by atoms with Gasteiger partial charge < -0.3 is 9.84 Å². The van der Waals surface area contributed by atoms with Crippen molar-refractivity contribution in [3.8, 4) is 0 Å². The summed E-state index contributed by atoms with van der Waals surface area (Å²) in [7, 11) is 1.11. The van der Waals surface area contributed by atoms with Crippen molar-refractivity contribution in [1.29, 1.82) is 0 Å². The van der Waals surface area contributed by atoms with Crippen molar-refractivity contribution < 1.29 is 29.3 Å². The van der Waals surface area contributed by atoms with Crippen molar-refractivity contribution >= 4 is 46.5 Å². The van der Waals surface area contributed by atoms with Gasteiger partial charge in [0.05, 0.1) is 17.0 Å². The standard InChI is InChI=1S/C8H7ClN2O4.C7H5ClN2O4/c1-4-3-5(11(13)14)6(8(12)15-2)10-7(4)9;1-3-2-4(10(13)14)5(7(11)12)9-6(3)8/h3H,1-2H3;2H,1H3,(H,11,12). The van der Waals surface area contributed by atoms with Crippen LogP contribution in [0.4, 0.5) is 11.4 Å². The topological polar surface area (TPSA) is 176 Å². The van der Waals surface area contributed by atoms with Gasteiger partial charge in [0.1, 0.15) is 10.3 Å². The Morgan fingerprint density at radius 1 is 0.966 bits per heavy atom. The number of esters is 1. The van der Waals surface area contributed by atoms with Crippen LogP contribution >= 0.6 is 23.2 Å². The number of carbonyl (C=O) groups excluding carboxylic acids is 1. The second-order valence-electron chi connectivity index (χ2n) is 5.24. The highest BCUT2D eigenvalue weighted by atomic mass is 35.5. The fourth-order valence-corrected chi connectivity index (χ4v) is 2.11. The molecule has 0 amide bonds. The Balaban J connectivity index is 0.000000291. The summed E-state index contributed by atoms with van der Waals surface area (Å²) in [5.74, 6) is -2.36. The molecule has 0 aliphatic carbocycles. The number of nitro groups is 2. The van der Waals surface area contributed by atoms with Gasteiger partial charge >= 0.3 is 23.3 Å². The van der Waals surface area contributed by atoms with Crippen LogP contribution in [0.5, 0.6) is 0 Å². The number of aromatic nitrogens is 2. The second-order valence-corrected chi connectivity index (χ2v) is 5.95. The normalized spacial score (nSPS) is 9.83.